The average molecular weight is 403 g/mol. The summed E-state index contributed by atoms with van der Waals surface area (Å²) in [7, 11) is -2.21. The summed E-state index contributed by atoms with van der Waals surface area (Å²) in [4.78, 5) is 16.5. The highest BCUT2D eigenvalue weighted by Crippen LogP contribution is 2.16. The summed E-state index contributed by atoms with van der Waals surface area (Å²) in [6.07, 6.45) is 1.34. The summed E-state index contributed by atoms with van der Waals surface area (Å²) in [6, 6.07) is 12.9. The lowest BCUT2D eigenvalue weighted by atomic mass is 10.1. The molecule has 1 N–H and O–H groups in total. The second kappa shape index (κ2) is 8.32. The number of hydrogen-bond donors (Lipinski definition) is 1. The van der Waals surface area contributed by atoms with Gasteiger partial charge in [-0.2, -0.15) is 0 Å². The van der Waals surface area contributed by atoms with Crippen molar-refractivity contribution in [2.45, 2.75) is 11.4 Å². The summed E-state index contributed by atoms with van der Waals surface area (Å²) >= 11 is 0. The first-order chi connectivity index (χ1) is 13.4. The van der Waals surface area contributed by atoms with E-state index in [0.29, 0.717) is 17.0 Å². The van der Waals surface area contributed by atoms with E-state index in [0.717, 1.165) is 0 Å². The Balaban J connectivity index is 1.65. The summed E-state index contributed by atoms with van der Waals surface area (Å²) in [5, 5.41) is 0. The van der Waals surface area contributed by atoms with Gasteiger partial charge in [0.05, 0.1) is 24.0 Å². The maximum atomic E-state index is 13.0. The van der Waals surface area contributed by atoms with Crippen LogP contribution >= 0.6 is 0 Å². The Bertz CT molecular complexity index is 1110. The molecule has 0 atom stereocenters. The molecule has 3 rings (SSSR count). The maximum absolute atomic E-state index is 13.0. The third-order valence-electron chi connectivity index (χ3n) is 4.03. The fraction of sp³-hybridized carbons (Fsp3) is 0.158. The second-order valence-corrected chi connectivity index (χ2v) is 7.65. The van der Waals surface area contributed by atoms with Gasteiger partial charge in [-0.15, -0.1) is 0 Å². The fourth-order valence-corrected chi connectivity index (χ4v) is 3.53. The molecule has 1 heterocycles. The summed E-state index contributed by atoms with van der Waals surface area (Å²) in [6.45, 7) is 0.136. The van der Waals surface area contributed by atoms with Gasteiger partial charge < -0.3 is 4.74 Å². The van der Waals surface area contributed by atoms with Crippen LogP contribution in [-0.2, 0) is 16.6 Å². The normalized spacial score (nSPS) is 11.4. The molecule has 9 heteroatoms. The number of aromatic nitrogens is 2. The number of benzene rings is 2. The van der Waals surface area contributed by atoms with Crippen molar-refractivity contribution in [1.82, 2.24) is 14.3 Å². The van der Waals surface area contributed by atoms with E-state index in [1.165, 1.54) is 60.5 Å². The van der Waals surface area contributed by atoms with Crippen LogP contribution in [0.1, 0.15) is 0 Å². The van der Waals surface area contributed by atoms with Gasteiger partial charge in [0, 0.05) is 24.7 Å². The van der Waals surface area contributed by atoms with Gasteiger partial charge in [-0.25, -0.2) is 22.5 Å². The molecular formula is C19H18FN3O4S. The van der Waals surface area contributed by atoms with E-state index in [-0.39, 0.29) is 29.4 Å². The Labute approximate surface area is 161 Å². The third-order valence-corrected chi connectivity index (χ3v) is 5.51. The van der Waals surface area contributed by atoms with Crippen molar-refractivity contribution in [2.24, 2.45) is 0 Å². The van der Waals surface area contributed by atoms with E-state index in [2.05, 4.69) is 9.71 Å². The number of rotatable bonds is 7. The van der Waals surface area contributed by atoms with Crippen molar-refractivity contribution in [3.8, 4) is 17.0 Å². The molecule has 0 fully saturated rings. The van der Waals surface area contributed by atoms with Gasteiger partial charge in [0.25, 0.3) is 5.56 Å². The van der Waals surface area contributed by atoms with E-state index in [9.17, 15) is 17.6 Å². The number of methoxy groups -OCH3 is 1. The van der Waals surface area contributed by atoms with Crippen molar-refractivity contribution in [2.75, 3.05) is 13.7 Å². The lowest BCUT2D eigenvalue weighted by Gasteiger charge is -2.09. The highest BCUT2D eigenvalue weighted by Gasteiger charge is 2.13. The topological polar surface area (TPSA) is 90.3 Å². The van der Waals surface area contributed by atoms with Gasteiger partial charge in [-0.1, -0.05) is 0 Å². The maximum Gasteiger partial charge on any atom is 0.253 e. The van der Waals surface area contributed by atoms with Gasteiger partial charge in [0.15, 0.2) is 0 Å². The van der Waals surface area contributed by atoms with E-state index in [1.54, 1.807) is 12.1 Å². The van der Waals surface area contributed by atoms with E-state index < -0.39 is 10.0 Å². The Morgan fingerprint density at radius 3 is 2.39 bits per heavy atom. The summed E-state index contributed by atoms with van der Waals surface area (Å²) in [5.74, 6) is 0.180. The van der Waals surface area contributed by atoms with Crippen LogP contribution in [0.15, 0.2) is 70.6 Å². The number of nitrogens with zero attached hydrogens (tertiary/aromatic N) is 2. The van der Waals surface area contributed by atoms with Gasteiger partial charge in [-0.05, 0) is 48.5 Å². The molecule has 1 aromatic heterocycles. The number of ether oxygens (including phenoxy) is 1. The van der Waals surface area contributed by atoms with Gasteiger partial charge in [0.1, 0.15) is 11.6 Å². The molecule has 0 radical (unpaired) electrons. The zero-order valence-corrected chi connectivity index (χ0v) is 15.8. The van der Waals surface area contributed by atoms with Crippen molar-refractivity contribution in [1.29, 1.82) is 0 Å². The van der Waals surface area contributed by atoms with Crippen molar-refractivity contribution in [3.63, 3.8) is 0 Å². The highest BCUT2D eigenvalue weighted by molar-refractivity contribution is 7.89. The zero-order chi connectivity index (χ0) is 20.1. The first-order valence-corrected chi connectivity index (χ1v) is 9.83. The quantitative estimate of drug-likeness (QED) is 0.652. The minimum atomic E-state index is -3.70. The highest BCUT2D eigenvalue weighted by atomic mass is 32.2. The minimum Gasteiger partial charge on any atom is -0.497 e. The zero-order valence-electron chi connectivity index (χ0n) is 15.0. The van der Waals surface area contributed by atoms with Crippen LogP contribution in [-0.4, -0.2) is 31.6 Å². The number of sulfonamides is 1. The van der Waals surface area contributed by atoms with Crippen molar-refractivity contribution < 1.29 is 17.5 Å². The van der Waals surface area contributed by atoms with Crippen LogP contribution < -0.4 is 15.0 Å². The van der Waals surface area contributed by atoms with Crippen LogP contribution in [0, 0.1) is 5.82 Å². The molecule has 0 aliphatic heterocycles. The van der Waals surface area contributed by atoms with Crippen LogP contribution in [0.25, 0.3) is 11.3 Å². The van der Waals surface area contributed by atoms with E-state index in [4.69, 9.17) is 4.74 Å². The Morgan fingerprint density at radius 2 is 1.79 bits per heavy atom. The Kier molecular flexibility index (Phi) is 5.86. The third kappa shape index (κ3) is 4.62. The van der Waals surface area contributed by atoms with Crippen molar-refractivity contribution in [3.05, 3.63) is 77.1 Å². The number of halogens is 1. The largest absolute Gasteiger partial charge is 0.497 e. The first kappa shape index (κ1) is 19.7. The van der Waals surface area contributed by atoms with Crippen LogP contribution in [0.5, 0.6) is 5.75 Å². The van der Waals surface area contributed by atoms with Crippen LogP contribution in [0.2, 0.25) is 0 Å². The predicted molar refractivity (Wildman–Crippen MR) is 102 cm³/mol. The minimum absolute atomic E-state index is 0.0197. The molecule has 2 aromatic carbocycles. The van der Waals surface area contributed by atoms with Gasteiger partial charge in [-0.3, -0.25) is 9.36 Å². The number of hydrogen-bond acceptors (Lipinski definition) is 5. The molecule has 0 aliphatic rings. The smallest absolute Gasteiger partial charge is 0.253 e. The monoisotopic (exact) mass is 403 g/mol. The molecule has 0 saturated carbocycles. The van der Waals surface area contributed by atoms with Crippen molar-refractivity contribution >= 4 is 10.0 Å². The molecule has 0 spiro atoms. The standard InChI is InChI=1S/C19H18FN3O4S/c1-27-16-6-8-17(9-7-16)28(25,26)22-10-11-23-13-21-18(12-19(23)24)14-2-4-15(20)5-3-14/h2-9,12-13,22H,10-11H2,1H3. The van der Waals surface area contributed by atoms with Gasteiger partial charge in [0.2, 0.25) is 10.0 Å². The Hall–Kier alpha value is -3.04. The molecule has 0 amide bonds. The molecule has 7 nitrogen and oxygen atoms in total. The molecule has 146 valence electrons. The first-order valence-electron chi connectivity index (χ1n) is 8.35. The van der Waals surface area contributed by atoms with Crippen LogP contribution in [0.3, 0.4) is 0 Å². The number of nitrogens with one attached hydrogen (secondary N) is 1. The molecule has 0 unspecified atom stereocenters. The summed E-state index contributed by atoms with van der Waals surface area (Å²) in [5.41, 5.74) is 0.698. The molecule has 0 aliphatic carbocycles. The van der Waals surface area contributed by atoms with E-state index in [1.807, 2.05) is 0 Å². The lowest BCUT2D eigenvalue weighted by molar-refractivity contribution is 0.414. The second-order valence-electron chi connectivity index (χ2n) is 5.89. The molecule has 3 aromatic rings. The molecule has 0 saturated heterocycles. The fourth-order valence-electron chi connectivity index (χ4n) is 2.51. The molecule has 0 bridgehead atoms. The average Bonchev–Trinajstić information content (AvgIpc) is 2.70. The Morgan fingerprint density at radius 1 is 1.11 bits per heavy atom. The van der Waals surface area contributed by atoms with Crippen LogP contribution in [0.4, 0.5) is 4.39 Å². The van der Waals surface area contributed by atoms with Gasteiger partial charge >= 0.3 is 0 Å². The molecular weight excluding hydrogens is 385 g/mol. The van der Waals surface area contributed by atoms with E-state index >= 15 is 0 Å². The SMILES string of the molecule is COc1ccc(S(=O)(=O)NCCn2cnc(-c3ccc(F)cc3)cc2=O)cc1. The molecule has 28 heavy (non-hydrogen) atoms. The predicted octanol–water partition coefficient (Wildman–Crippen LogP) is 2.04. The lowest BCUT2D eigenvalue weighted by Crippen LogP contribution is -2.30. The summed E-state index contributed by atoms with van der Waals surface area (Å²) < 4.78 is 46.3.